The van der Waals surface area contributed by atoms with Crippen LogP contribution in [0.15, 0.2) is 81.6 Å². The first-order chi connectivity index (χ1) is 15.5. The summed E-state index contributed by atoms with van der Waals surface area (Å²) in [7, 11) is -3.83. The summed E-state index contributed by atoms with van der Waals surface area (Å²) >= 11 is 0. The van der Waals surface area contributed by atoms with Crippen molar-refractivity contribution in [1.82, 2.24) is 4.31 Å². The van der Waals surface area contributed by atoms with Gasteiger partial charge in [-0.1, -0.05) is 73.9 Å². The number of benzene rings is 2. The first kappa shape index (κ1) is 21.0. The maximum atomic E-state index is 14.0. The van der Waals surface area contributed by atoms with Crippen molar-refractivity contribution >= 4 is 38.3 Å². The van der Waals surface area contributed by atoms with Crippen LogP contribution in [-0.4, -0.2) is 42.8 Å². The molecule has 0 saturated heterocycles. The molecule has 1 unspecified atom stereocenters. The SMILES string of the molecule is O=C1N=C(CN(C2CCCCC2)S(=O)(=O)c2cccc3ccccc23)N=C2C=CC=CC12. The molecule has 0 spiro atoms. The number of hydrogen-bond donors (Lipinski definition) is 0. The van der Waals surface area contributed by atoms with Crippen LogP contribution in [0, 0.1) is 5.92 Å². The largest absolute Gasteiger partial charge is 0.271 e. The van der Waals surface area contributed by atoms with Gasteiger partial charge in [-0.2, -0.15) is 9.30 Å². The third-order valence-corrected chi connectivity index (χ3v) is 8.34. The molecule has 0 aromatic heterocycles. The molecule has 2 aliphatic carbocycles. The average Bonchev–Trinajstić information content (AvgIpc) is 2.82. The Bertz CT molecular complexity index is 1280. The van der Waals surface area contributed by atoms with Gasteiger partial charge in [-0.25, -0.2) is 13.4 Å². The van der Waals surface area contributed by atoms with Gasteiger partial charge < -0.3 is 0 Å². The summed E-state index contributed by atoms with van der Waals surface area (Å²) in [4.78, 5) is 21.6. The number of allylic oxidation sites excluding steroid dienone is 3. The Morgan fingerprint density at radius 2 is 1.72 bits per heavy atom. The molecule has 32 heavy (non-hydrogen) atoms. The lowest BCUT2D eigenvalue weighted by molar-refractivity contribution is -0.118. The fourth-order valence-corrected chi connectivity index (χ4v) is 6.61. The molecule has 7 heteroatoms. The summed E-state index contributed by atoms with van der Waals surface area (Å²) in [5.74, 6) is -0.506. The van der Waals surface area contributed by atoms with Crippen LogP contribution in [-0.2, 0) is 14.8 Å². The Labute approximate surface area is 188 Å². The lowest BCUT2D eigenvalue weighted by atomic mass is 9.95. The van der Waals surface area contributed by atoms with Crippen molar-refractivity contribution in [2.45, 2.75) is 43.0 Å². The second kappa shape index (κ2) is 8.56. The molecule has 1 aliphatic heterocycles. The van der Waals surface area contributed by atoms with Crippen molar-refractivity contribution in [3.05, 3.63) is 66.8 Å². The van der Waals surface area contributed by atoms with Gasteiger partial charge in [0.05, 0.1) is 17.2 Å². The Hall–Kier alpha value is -2.90. The molecular weight excluding hydrogens is 422 g/mol. The number of aliphatic imine (C=N–C) groups is 2. The normalized spacial score (nSPS) is 21.5. The van der Waals surface area contributed by atoms with Gasteiger partial charge in [0.25, 0.3) is 5.91 Å². The second-order valence-electron chi connectivity index (χ2n) is 8.44. The maximum absolute atomic E-state index is 14.0. The molecule has 1 fully saturated rings. The van der Waals surface area contributed by atoms with Crippen LogP contribution in [0.4, 0.5) is 0 Å². The number of amides is 1. The molecule has 2 aromatic rings. The van der Waals surface area contributed by atoms with Crippen LogP contribution in [0.3, 0.4) is 0 Å². The predicted octanol–water partition coefficient (Wildman–Crippen LogP) is 4.29. The molecule has 3 aliphatic rings. The predicted molar refractivity (Wildman–Crippen MR) is 126 cm³/mol. The van der Waals surface area contributed by atoms with E-state index in [4.69, 9.17) is 0 Å². The summed E-state index contributed by atoms with van der Waals surface area (Å²) in [5.41, 5.74) is 0.619. The van der Waals surface area contributed by atoms with Gasteiger partial charge in [0.1, 0.15) is 11.8 Å². The molecule has 6 nitrogen and oxygen atoms in total. The smallest absolute Gasteiger partial charge is 0.260 e. The van der Waals surface area contributed by atoms with Gasteiger partial charge in [0, 0.05) is 11.4 Å². The van der Waals surface area contributed by atoms with Gasteiger partial charge in [0.2, 0.25) is 10.0 Å². The van der Waals surface area contributed by atoms with Gasteiger partial charge in [0.15, 0.2) is 0 Å². The lowest BCUT2D eigenvalue weighted by Gasteiger charge is -2.34. The van der Waals surface area contributed by atoms with Crippen LogP contribution >= 0.6 is 0 Å². The van der Waals surface area contributed by atoms with Crippen molar-refractivity contribution in [3.8, 4) is 0 Å². The molecule has 0 N–H and O–H groups in total. The van der Waals surface area contributed by atoms with E-state index in [0.717, 1.165) is 37.5 Å². The van der Waals surface area contributed by atoms with Crippen LogP contribution < -0.4 is 0 Å². The first-order valence-corrected chi connectivity index (χ1v) is 12.5. The highest BCUT2D eigenvalue weighted by Crippen LogP contribution is 2.31. The summed E-state index contributed by atoms with van der Waals surface area (Å²) in [6.07, 6.45) is 11.9. The minimum absolute atomic E-state index is 0.00423. The number of rotatable bonds is 5. The van der Waals surface area contributed by atoms with Gasteiger partial charge in [-0.3, -0.25) is 4.79 Å². The van der Waals surface area contributed by atoms with Crippen LogP contribution in [0.25, 0.3) is 10.8 Å². The number of nitrogens with zero attached hydrogens (tertiary/aromatic N) is 3. The molecular formula is C25H25N3O3S. The van der Waals surface area contributed by atoms with Crippen molar-refractivity contribution in [2.75, 3.05) is 6.54 Å². The third-order valence-electron chi connectivity index (χ3n) is 6.38. The van der Waals surface area contributed by atoms with Crippen LogP contribution in [0.5, 0.6) is 0 Å². The number of fused-ring (bicyclic) bond motifs is 2. The minimum Gasteiger partial charge on any atom is -0.271 e. The summed E-state index contributed by atoms with van der Waals surface area (Å²) < 4.78 is 29.5. The number of carbonyl (C=O) groups excluding carboxylic acids is 1. The van der Waals surface area contributed by atoms with E-state index in [1.54, 1.807) is 30.4 Å². The topological polar surface area (TPSA) is 79.2 Å². The van der Waals surface area contributed by atoms with Crippen LogP contribution in [0.1, 0.15) is 32.1 Å². The van der Waals surface area contributed by atoms with E-state index in [-0.39, 0.29) is 29.2 Å². The zero-order valence-electron chi connectivity index (χ0n) is 17.7. The molecule has 1 amide bonds. The summed E-state index contributed by atoms with van der Waals surface area (Å²) in [6.45, 7) is -0.00423. The van der Waals surface area contributed by atoms with E-state index in [2.05, 4.69) is 9.98 Å². The summed E-state index contributed by atoms with van der Waals surface area (Å²) in [5, 5.41) is 1.58. The molecule has 1 saturated carbocycles. The van der Waals surface area contributed by atoms with Crippen LogP contribution in [0.2, 0.25) is 0 Å². The third kappa shape index (κ3) is 3.87. The molecule has 164 valence electrons. The van der Waals surface area contributed by atoms with Gasteiger partial charge >= 0.3 is 0 Å². The Balaban J connectivity index is 1.56. The van der Waals surface area contributed by atoms with Crippen molar-refractivity contribution in [2.24, 2.45) is 15.9 Å². The van der Waals surface area contributed by atoms with E-state index in [1.165, 1.54) is 4.31 Å². The van der Waals surface area contributed by atoms with Crippen molar-refractivity contribution in [3.63, 3.8) is 0 Å². The Kier molecular flexibility index (Phi) is 5.61. The highest BCUT2D eigenvalue weighted by molar-refractivity contribution is 7.89. The quantitative estimate of drug-likeness (QED) is 0.686. The molecule has 1 atom stereocenters. The zero-order valence-corrected chi connectivity index (χ0v) is 18.5. The minimum atomic E-state index is -3.83. The molecule has 1 heterocycles. The monoisotopic (exact) mass is 447 g/mol. The fourth-order valence-electron chi connectivity index (χ4n) is 4.75. The number of sulfonamides is 1. The number of carbonyl (C=O) groups is 1. The lowest BCUT2D eigenvalue weighted by Crippen LogP contribution is -2.45. The molecule has 0 bridgehead atoms. The number of hydrogen-bond acceptors (Lipinski definition) is 4. The molecule has 2 aromatic carbocycles. The van der Waals surface area contributed by atoms with Crippen molar-refractivity contribution in [1.29, 1.82) is 0 Å². The van der Waals surface area contributed by atoms with E-state index in [0.29, 0.717) is 11.1 Å². The zero-order chi connectivity index (χ0) is 22.1. The average molecular weight is 448 g/mol. The van der Waals surface area contributed by atoms with E-state index in [1.807, 2.05) is 36.4 Å². The molecule has 5 rings (SSSR count). The molecule has 0 radical (unpaired) electrons. The summed E-state index contributed by atoms with van der Waals surface area (Å²) in [6, 6.07) is 12.7. The Morgan fingerprint density at radius 3 is 2.56 bits per heavy atom. The maximum Gasteiger partial charge on any atom is 0.260 e. The van der Waals surface area contributed by atoms with E-state index >= 15 is 0 Å². The van der Waals surface area contributed by atoms with E-state index < -0.39 is 15.9 Å². The highest BCUT2D eigenvalue weighted by atomic mass is 32.2. The first-order valence-electron chi connectivity index (χ1n) is 11.1. The standard InChI is InChI=1S/C25H25N3O3S/c29-25-21-14-6-7-15-22(21)26-24(27-25)17-28(19-11-2-1-3-12-19)32(30,31)23-16-8-10-18-9-4-5-13-20(18)23/h4-10,13-16,19,21H,1-3,11-12,17H2. The second-order valence-corrected chi connectivity index (χ2v) is 10.3. The number of amidine groups is 1. The Morgan fingerprint density at radius 1 is 0.938 bits per heavy atom. The fraction of sp³-hybridized carbons (Fsp3) is 0.320. The van der Waals surface area contributed by atoms with Gasteiger partial charge in [-0.15, -0.1) is 0 Å². The van der Waals surface area contributed by atoms with Gasteiger partial charge in [-0.05, 0) is 30.4 Å². The van der Waals surface area contributed by atoms with Crippen molar-refractivity contribution < 1.29 is 13.2 Å². The van der Waals surface area contributed by atoms with E-state index in [9.17, 15) is 13.2 Å². The highest BCUT2D eigenvalue weighted by Gasteiger charge is 2.36.